The average molecular weight is 352 g/mol. The Balaban J connectivity index is 2.10. The summed E-state index contributed by atoms with van der Waals surface area (Å²) in [6.07, 6.45) is 3.05. The van der Waals surface area contributed by atoms with Crippen LogP contribution in [0.4, 0.5) is 5.69 Å². The van der Waals surface area contributed by atoms with Gasteiger partial charge in [0.05, 0.1) is 30.0 Å². The van der Waals surface area contributed by atoms with Crippen molar-refractivity contribution in [3.05, 3.63) is 58.1 Å². The van der Waals surface area contributed by atoms with Crippen LogP contribution < -0.4 is 14.8 Å². The summed E-state index contributed by atoms with van der Waals surface area (Å²) in [5.74, 6) is 0.867. The van der Waals surface area contributed by atoms with Gasteiger partial charge in [0.25, 0.3) is 0 Å². The van der Waals surface area contributed by atoms with Crippen molar-refractivity contribution in [2.75, 3.05) is 19.5 Å². The summed E-state index contributed by atoms with van der Waals surface area (Å²) in [4.78, 5) is 12.0. The highest BCUT2D eigenvalue weighted by Crippen LogP contribution is 2.29. The summed E-state index contributed by atoms with van der Waals surface area (Å²) in [6.45, 7) is 0. The molecule has 2 rings (SSSR count). The molecule has 6 heteroatoms. The number of hydrogen-bond donors (Lipinski definition) is 1. The van der Waals surface area contributed by atoms with Crippen LogP contribution in [0.15, 0.2) is 42.5 Å². The number of halogens is 2. The predicted octanol–water partition coefficient (Wildman–Crippen LogP) is 4.66. The van der Waals surface area contributed by atoms with Gasteiger partial charge in [-0.1, -0.05) is 29.3 Å². The van der Waals surface area contributed by atoms with Crippen LogP contribution in [0.3, 0.4) is 0 Å². The Morgan fingerprint density at radius 2 is 1.83 bits per heavy atom. The molecule has 0 fully saturated rings. The Morgan fingerprint density at radius 1 is 1.04 bits per heavy atom. The molecule has 0 aromatic heterocycles. The van der Waals surface area contributed by atoms with Gasteiger partial charge in [-0.05, 0) is 35.9 Å². The van der Waals surface area contributed by atoms with Crippen LogP contribution in [-0.2, 0) is 4.79 Å². The molecular formula is C17H15Cl2NO3. The zero-order chi connectivity index (χ0) is 16.8. The molecule has 0 heterocycles. The fraction of sp³-hybridized carbons (Fsp3) is 0.118. The number of amides is 1. The summed E-state index contributed by atoms with van der Waals surface area (Å²) in [6, 6.07) is 10.3. The van der Waals surface area contributed by atoms with Crippen LogP contribution in [0.25, 0.3) is 6.08 Å². The number of hydrogen-bond acceptors (Lipinski definition) is 3. The number of nitrogens with one attached hydrogen (secondary N) is 1. The standard InChI is InChI=1S/C17H15Cl2NO3/c1-22-12-5-7-15(16(10-12)23-2)20-17(21)8-4-11-3-6-13(18)14(19)9-11/h3-10H,1-2H3,(H,20,21)/b8-4+. The van der Waals surface area contributed by atoms with E-state index in [0.717, 1.165) is 5.56 Å². The van der Waals surface area contributed by atoms with Gasteiger partial charge in [0, 0.05) is 12.1 Å². The topological polar surface area (TPSA) is 47.6 Å². The van der Waals surface area contributed by atoms with E-state index in [4.69, 9.17) is 32.7 Å². The fourth-order valence-corrected chi connectivity index (χ4v) is 2.17. The third kappa shape index (κ3) is 4.65. The van der Waals surface area contributed by atoms with Crippen molar-refractivity contribution in [1.29, 1.82) is 0 Å². The molecule has 0 atom stereocenters. The third-order valence-electron chi connectivity index (χ3n) is 3.04. The Hall–Kier alpha value is -2.17. The summed E-state index contributed by atoms with van der Waals surface area (Å²) in [5.41, 5.74) is 1.33. The van der Waals surface area contributed by atoms with Crippen LogP contribution in [0.5, 0.6) is 11.5 Å². The summed E-state index contributed by atoms with van der Waals surface area (Å²) < 4.78 is 10.3. The van der Waals surface area contributed by atoms with Gasteiger partial charge < -0.3 is 14.8 Å². The Morgan fingerprint density at radius 3 is 2.48 bits per heavy atom. The van der Waals surface area contributed by atoms with Gasteiger partial charge in [-0.2, -0.15) is 0 Å². The van der Waals surface area contributed by atoms with Crippen molar-refractivity contribution < 1.29 is 14.3 Å². The lowest BCUT2D eigenvalue weighted by Crippen LogP contribution is -2.09. The lowest BCUT2D eigenvalue weighted by atomic mass is 10.2. The number of carbonyl (C=O) groups excluding carboxylic acids is 1. The van der Waals surface area contributed by atoms with Gasteiger partial charge in [-0.3, -0.25) is 4.79 Å². The van der Waals surface area contributed by atoms with Gasteiger partial charge >= 0.3 is 0 Å². The van der Waals surface area contributed by atoms with Crippen LogP contribution in [0.2, 0.25) is 10.0 Å². The first kappa shape index (κ1) is 17.2. The maximum Gasteiger partial charge on any atom is 0.248 e. The smallest absolute Gasteiger partial charge is 0.248 e. The van der Waals surface area contributed by atoms with Crippen molar-refractivity contribution >= 4 is 40.9 Å². The van der Waals surface area contributed by atoms with E-state index >= 15 is 0 Å². The molecule has 2 aromatic carbocycles. The second-order valence-corrected chi connectivity index (χ2v) is 5.38. The normalized spacial score (nSPS) is 10.6. The fourth-order valence-electron chi connectivity index (χ4n) is 1.86. The van der Waals surface area contributed by atoms with Crippen LogP contribution >= 0.6 is 23.2 Å². The summed E-state index contributed by atoms with van der Waals surface area (Å²) in [7, 11) is 3.09. The number of rotatable bonds is 5. The molecule has 0 aliphatic rings. The maximum atomic E-state index is 12.0. The zero-order valence-corrected chi connectivity index (χ0v) is 14.1. The predicted molar refractivity (Wildman–Crippen MR) is 93.7 cm³/mol. The molecule has 0 aliphatic carbocycles. The monoisotopic (exact) mass is 351 g/mol. The Kier molecular flexibility index (Phi) is 5.90. The molecule has 0 saturated heterocycles. The molecular weight excluding hydrogens is 337 g/mol. The molecule has 0 unspecified atom stereocenters. The molecule has 0 spiro atoms. The molecule has 1 amide bonds. The molecule has 0 saturated carbocycles. The van der Waals surface area contributed by atoms with Crippen molar-refractivity contribution in [2.45, 2.75) is 0 Å². The quantitative estimate of drug-likeness (QED) is 0.796. The molecule has 120 valence electrons. The van der Waals surface area contributed by atoms with Gasteiger partial charge in [-0.25, -0.2) is 0 Å². The first-order valence-electron chi connectivity index (χ1n) is 6.69. The number of methoxy groups -OCH3 is 2. The van der Waals surface area contributed by atoms with E-state index in [1.807, 2.05) is 0 Å². The van der Waals surface area contributed by atoms with E-state index in [1.165, 1.54) is 13.2 Å². The number of anilines is 1. The average Bonchev–Trinajstić information content (AvgIpc) is 2.56. The molecule has 0 aliphatic heterocycles. The van der Waals surface area contributed by atoms with Crippen molar-refractivity contribution in [2.24, 2.45) is 0 Å². The van der Waals surface area contributed by atoms with Crippen molar-refractivity contribution in [3.8, 4) is 11.5 Å². The number of carbonyl (C=O) groups is 1. The SMILES string of the molecule is COc1ccc(NC(=O)/C=C/c2ccc(Cl)c(Cl)c2)c(OC)c1. The second kappa shape index (κ2) is 7.90. The van der Waals surface area contributed by atoms with E-state index in [0.29, 0.717) is 27.2 Å². The maximum absolute atomic E-state index is 12.0. The minimum atomic E-state index is -0.292. The Labute approximate surface area is 144 Å². The molecule has 2 aromatic rings. The highest BCUT2D eigenvalue weighted by atomic mass is 35.5. The van der Waals surface area contributed by atoms with Crippen LogP contribution in [0.1, 0.15) is 5.56 Å². The summed E-state index contributed by atoms with van der Waals surface area (Å²) >= 11 is 11.8. The molecule has 1 N–H and O–H groups in total. The van der Waals surface area contributed by atoms with E-state index in [2.05, 4.69) is 5.32 Å². The van der Waals surface area contributed by atoms with E-state index in [1.54, 1.807) is 49.6 Å². The van der Waals surface area contributed by atoms with E-state index in [-0.39, 0.29) is 5.91 Å². The van der Waals surface area contributed by atoms with Gasteiger partial charge in [0.15, 0.2) is 0 Å². The Bertz CT molecular complexity index is 745. The third-order valence-corrected chi connectivity index (χ3v) is 3.78. The first-order valence-corrected chi connectivity index (χ1v) is 7.45. The van der Waals surface area contributed by atoms with E-state index in [9.17, 15) is 4.79 Å². The van der Waals surface area contributed by atoms with Gasteiger partial charge in [-0.15, -0.1) is 0 Å². The molecule has 23 heavy (non-hydrogen) atoms. The second-order valence-electron chi connectivity index (χ2n) is 4.56. The van der Waals surface area contributed by atoms with Gasteiger partial charge in [0.2, 0.25) is 5.91 Å². The van der Waals surface area contributed by atoms with Crippen molar-refractivity contribution in [1.82, 2.24) is 0 Å². The lowest BCUT2D eigenvalue weighted by molar-refractivity contribution is -0.111. The van der Waals surface area contributed by atoms with Gasteiger partial charge in [0.1, 0.15) is 11.5 Å². The number of benzene rings is 2. The molecule has 4 nitrogen and oxygen atoms in total. The van der Waals surface area contributed by atoms with E-state index < -0.39 is 0 Å². The van der Waals surface area contributed by atoms with Crippen LogP contribution in [0, 0.1) is 0 Å². The highest BCUT2D eigenvalue weighted by molar-refractivity contribution is 6.42. The highest BCUT2D eigenvalue weighted by Gasteiger charge is 2.07. The molecule has 0 bridgehead atoms. The first-order chi connectivity index (χ1) is 11.0. The zero-order valence-electron chi connectivity index (χ0n) is 12.6. The van der Waals surface area contributed by atoms with Crippen molar-refractivity contribution in [3.63, 3.8) is 0 Å². The lowest BCUT2D eigenvalue weighted by Gasteiger charge is -2.10. The largest absolute Gasteiger partial charge is 0.497 e. The molecule has 0 radical (unpaired) electrons. The number of ether oxygens (including phenoxy) is 2. The summed E-state index contributed by atoms with van der Waals surface area (Å²) in [5, 5.41) is 3.65. The minimum absolute atomic E-state index is 0.292. The minimum Gasteiger partial charge on any atom is -0.497 e. The van der Waals surface area contributed by atoms with Crippen LogP contribution in [-0.4, -0.2) is 20.1 Å².